The average molecular weight is 258 g/mol. The highest BCUT2D eigenvalue weighted by Gasteiger charge is 2.47. The lowest BCUT2D eigenvalue weighted by Gasteiger charge is -2.46. The van der Waals surface area contributed by atoms with Gasteiger partial charge in [0.15, 0.2) is 11.5 Å². The van der Waals surface area contributed by atoms with Gasteiger partial charge in [-0.3, -0.25) is 0 Å². The standard InChI is InChI=1S/C15H18N2O2/c1-10-17-13-6-11(2-3-14(13)19-10)15(8-18-9-15)12-4-5-16-7-12/h2-3,6,12,16H,4-5,7-9H2,1H3. The van der Waals surface area contributed by atoms with Crippen molar-refractivity contribution >= 4 is 11.1 Å². The molecule has 1 aromatic carbocycles. The summed E-state index contributed by atoms with van der Waals surface area (Å²) in [5.74, 6) is 1.40. The van der Waals surface area contributed by atoms with Crippen LogP contribution < -0.4 is 5.32 Å². The van der Waals surface area contributed by atoms with Crippen molar-refractivity contribution in [3.63, 3.8) is 0 Å². The second-order valence-electron chi connectivity index (χ2n) is 5.75. The van der Waals surface area contributed by atoms with Crippen molar-refractivity contribution in [3.05, 3.63) is 29.7 Å². The van der Waals surface area contributed by atoms with E-state index >= 15 is 0 Å². The maximum atomic E-state index is 5.56. The summed E-state index contributed by atoms with van der Waals surface area (Å²) >= 11 is 0. The molecule has 100 valence electrons. The molecular formula is C15H18N2O2. The third-order valence-electron chi connectivity index (χ3n) is 4.63. The van der Waals surface area contributed by atoms with E-state index in [0.717, 1.165) is 43.3 Å². The van der Waals surface area contributed by atoms with Crippen LogP contribution in [0.3, 0.4) is 0 Å². The normalized spacial score (nSPS) is 25.6. The molecule has 0 saturated carbocycles. The lowest BCUT2D eigenvalue weighted by atomic mass is 9.68. The predicted molar refractivity (Wildman–Crippen MR) is 72.2 cm³/mol. The molecule has 2 saturated heterocycles. The highest BCUT2D eigenvalue weighted by molar-refractivity contribution is 5.74. The first-order valence-electron chi connectivity index (χ1n) is 6.94. The molecule has 2 aromatic rings. The first-order chi connectivity index (χ1) is 9.28. The summed E-state index contributed by atoms with van der Waals surface area (Å²) in [6.07, 6.45) is 1.24. The third-order valence-corrected chi connectivity index (χ3v) is 4.63. The van der Waals surface area contributed by atoms with Crippen LogP contribution >= 0.6 is 0 Å². The topological polar surface area (TPSA) is 47.3 Å². The highest BCUT2D eigenvalue weighted by Crippen LogP contribution is 2.42. The molecule has 19 heavy (non-hydrogen) atoms. The molecule has 2 aliphatic rings. The minimum atomic E-state index is 0.185. The van der Waals surface area contributed by atoms with Crippen molar-refractivity contribution in [1.29, 1.82) is 0 Å². The van der Waals surface area contributed by atoms with Crippen LogP contribution in [-0.2, 0) is 10.2 Å². The fourth-order valence-corrected chi connectivity index (χ4v) is 3.44. The number of benzene rings is 1. The Bertz CT molecular complexity index is 610. The lowest BCUT2D eigenvalue weighted by Crippen LogP contribution is -2.53. The van der Waals surface area contributed by atoms with Gasteiger partial charge < -0.3 is 14.5 Å². The number of oxazole rings is 1. The zero-order valence-corrected chi connectivity index (χ0v) is 11.1. The summed E-state index contributed by atoms with van der Waals surface area (Å²) in [4.78, 5) is 4.45. The van der Waals surface area contributed by atoms with Crippen molar-refractivity contribution in [2.45, 2.75) is 18.8 Å². The average Bonchev–Trinajstić information content (AvgIpc) is 2.95. The van der Waals surface area contributed by atoms with E-state index in [1.54, 1.807) is 0 Å². The van der Waals surface area contributed by atoms with Gasteiger partial charge in [0.2, 0.25) is 0 Å². The number of ether oxygens (including phenoxy) is 1. The highest BCUT2D eigenvalue weighted by atomic mass is 16.5. The zero-order valence-electron chi connectivity index (χ0n) is 11.1. The quantitative estimate of drug-likeness (QED) is 0.895. The van der Waals surface area contributed by atoms with E-state index in [1.807, 2.05) is 13.0 Å². The molecule has 2 fully saturated rings. The fraction of sp³-hybridized carbons (Fsp3) is 0.533. The zero-order chi connectivity index (χ0) is 12.9. The Labute approximate surface area is 112 Å². The van der Waals surface area contributed by atoms with Gasteiger partial charge in [0.1, 0.15) is 5.52 Å². The smallest absolute Gasteiger partial charge is 0.192 e. The van der Waals surface area contributed by atoms with Crippen LogP contribution in [0.2, 0.25) is 0 Å². The SMILES string of the molecule is Cc1nc2cc(C3(C4CCNC4)COC3)ccc2o1. The molecule has 1 atom stereocenters. The van der Waals surface area contributed by atoms with Gasteiger partial charge in [-0.25, -0.2) is 4.98 Å². The number of nitrogens with one attached hydrogen (secondary N) is 1. The maximum absolute atomic E-state index is 5.56. The van der Waals surface area contributed by atoms with Crippen LogP contribution in [0.4, 0.5) is 0 Å². The van der Waals surface area contributed by atoms with Crippen molar-refractivity contribution in [3.8, 4) is 0 Å². The van der Waals surface area contributed by atoms with Crippen molar-refractivity contribution < 1.29 is 9.15 Å². The minimum Gasteiger partial charge on any atom is -0.441 e. The molecule has 1 unspecified atom stereocenters. The molecule has 2 aliphatic heterocycles. The summed E-state index contributed by atoms with van der Waals surface area (Å²) in [6.45, 7) is 5.78. The Morgan fingerprint density at radius 1 is 1.37 bits per heavy atom. The van der Waals surface area contributed by atoms with Crippen LogP contribution in [0, 0.1) is 12.8 Å². The summed E-state index contributed by atoms with van der Waals surface area (Å²) < 4.78 is 11.1. The Morgan fingerprint density at radius 2 is 2.26 bits per heavy atom. The van der Waals surface area contributed by atoms with Crippen molar-refractivity contribution in [1.82, 2.24) is 10.3 Å². The van der Waals surface area contributed by atoms with Crippen LogP contribution in [-0.4, -0.2) is 31.3 Å². The van der Waals surface area contributed by atoms with Crippen LogP contribution in [0.25, 0.3) is 11.1 Å². The van der Waals surface area contributed by atoms with Gasteiger partial charge in [-0.2, -0.15) is 0 Å². The number of nitrogens with zero attached hydrogens (tertiary/aromatic N) is 1. The first-order valence-corrected chi connectivity index (χ1v) is 6.94. The Kier molecular flexibility index (Phi) is 2.44. The predicted octanol–water partition coefficient (Wildman–Crippen LogP) is 2.01. The molecule has 1 N–H and O–H groups in total. The number of aromatic nitrogens is 1. The van der Waals surface area contributed by atoms with Gasteiger partial charge in [0.05, 0.1) is 13.2 Å². The van der Waals surface area contributed by atoms with E-state index in [9.17, 15) is 0 Å². The fourth-order valence-electron chi connectivity index (χ4n) is 3.44. The van der Waals surface area contributed by atoms with Crippen LogP contribution in [0.1, 0.15) is 17.9 Å². The molecule has 0 radical (unpaired) electrons. The minimum absolute atomic E-state index is 0.185. The van der Waals surface area contributed by atoms with Gasteiger partial charge >= 0.3 is 0 Å². The molecule has 1 aromatic heterocycles. The molecule has 3 heterocycles. The second-order valence-corrected chi connectivity index (χ2v) is 5.75. The van der Waals surface area contributed by atoms with Gasteiger partial charge in [-0.15, -0.1) is 0 Å². The molecule has 4 nitrogen and oxygen atoms in total. The van der Waals surface area contributed by atoms with Gasteiger partial charge in [-0.1, -0.05) is 6.07 Å². The number of rotatable bonds is 2. The van der Waals surface area contributed by atoms with E-state index in [0.29, 0.717) is 5.92 Å². The number of fused-ring (bicyclic) bond motifs is 1. The number of hydrogen-bond acceptors (Lipinski definition) is 4. The van der Waals surface area contributed by atoms with E-state index in [4.69, 9.17) is 9.15 Å². The molecular weight excluding hydrogens is 240 g/mol. The summed E-state index contributed by atoms with van der Waals surface area (Å²) in [7, 11) is 0. The molecule has 4 heteroatoms. The van der Waals surface area contributed by atoms with Gasteiger partial charge in [-0.05, 0) is 43.1 Å². The summed E-state index contributed by atoms with van der Waals surface area (Å²) in [5, 5.41) is 3.47. The molecule has 4 rings (SSSR count). The Balaban J connectivity index is 1.78. The summed E-state index contributed by atoms with van der Waals surface area (Å²) in [6, 6.07) is 6.42. The van der Waals surface area contributed by atoms with Crippen LogP contribution in [0.15, 0.2) is 22.6 Å². The number of aryl methyl sites for hydroxylation is 1. The van der Waals surface area contributed by atoms with Crippen molar-refractivity contribution in [2.24, 2.45) is 5.92 Å². The molecule has 0 spiro atoms. The lowest BCUT2D eigenvalue weighted by molar-refractivity contribution is -0.0868. The van der Waals surface area contributed by atoms with Crippen LogP contribution in [0.5, 0.6) is 0 Å². The maximum Gasteiger partial charge on any atom is 0.192 e. The number of hydrogen-bond donors (Lipinski definition) is 1. The molecule has 0 amide bonds. The monoisotopic (exact) mass is 258 g/mol. The third kappa shape index (κ3) is 1.63. The largest absolute Gasteiger partial charge is 0.441 e. The van der Waals surface area contributed by atoms with E-state index in [1.165, 1.54) is 12.0 Å². The van der Waals surface area contributed by atoms with Gasteiger partial charge in [0.25, 0.3) is 0 Å². The molecule has 0 aliphatic carbocycles. The summed E-state index contributed by atoms with van der Waals surface area (Å²) in [5.41, 5.74) is 3.38. The van der Waals surface area contributed by atoms with Gasteiger partial charge in [0, 0.05) is 12.3 Å². The Hall–Kier alpha value is -1.39. The molecule has 0 bridgehead atoms. The second kappa shape index (κ2) is 4.05. The van der Waals surface area contributed by atoms with E-state index in [2.05, 4.69) is 22.4 Å². The van der Waals surface area contributed by atoms with Crippen molar-refractivity contribution in [2.75, 3.05) is 26.3 Å². The Morgan fingerprint density at radius 3 is 2.95 bits per heavy atom. The van der Waals surface area contributed by atoms with E-state index < -0.39 is 0 Å². The van der Waals surface area contributed by atoms with E-state index in [-0.39, 0.29) is 5.41 Å². The first kappa shape index (κ1) is 11.4.